The zero-order chi connectivity index (χ0) is 16.9. The third kappa shape index (κ3) is 3.88. The molecule has 1 fully saturated rings. The van der Waals surface area contributed by atoms with Crippen molar-refractivity contribution in [2.24, 2.45) is 7.05 Å². The highest BCUT2D eigenvalue weighted by Crippen LogP contribution is 2.25. The molecule has 2 heterocycles. The molecule has 5 nitrogen and oxygen atoms in total. The van der Waals surface area contributed by atoms with Crippen molar-refractivity contribution in [3.05, 3.63) is 53.4 Å². The maximum absolute atomic E-state index is 12.9. The van der Waals surface area contributed by atoms with Crippen LogP contribution in [-0.4, -0.2) is 44.4 Å². The molecule has 2 aromatic rings. The van der Waals surface area contributed by atoms with E-state index >= 15 is 0 Å². The summed E-state index contributed by atoms with van der Waals surface area (Å²) < 4.78 is 14.8. The van der Waals surface area contributed by atoms with E-state index in [4.69, 9.17) is 0 Å². The molecule has 1 aliphatic rings. The normalized spacial score (nSPS) is 19.2. The van der Waals surface area contributed by atoms with Gasteiger partial charge in [0.15, 0.2) is 5.82 Å². The molecule has 0 aliphatic carbocycles. The highest BCUT2D eigenvalue weighted by Gasteiger charge is 2.25. The minimum Gasteiger partial charge on any atom is -0.388 e. The van der Waals surface area contributed by atoms with Crippen molar-refractivity contribution >= 4 is 6.08 Å². The molecule has 1 aromatic carbocycles. The predicted molar refractivity (Wildman–Crippen MR) is 90.8 cm³/mol. The van der Waals surface area contributed by atoms with Crippen LogP contribution in [0.15, 0.2) is 30.3 Å². The minimum absolute atomic E-state index is 0.0830. The van der Waals surface area contributed by atoms with E-state index in [1.165, 1.54) is 12.1 Å². The smallest absolute Gasteiger partial charge is 0.158 e. The van der Waals surface area contributed by atoms with Gasteiger partial charge in [0, 0.05) is 26.1 Å². The Bertz CT molecular complexity index is 696. The van der Waals surface area contributed by atoms with Crippen molar-refractivity contribution in [2.75, 3.05) is 19.6 Å². The topological polar surface area (TPSA) is 54.2 Å². The third-order valence-electron chi connectivity index (χ3n) is 4.55. The first-order chi connectivity index (χ1) is 11.7. The van der Waals surface area contributed by atoms with Gasteiger partial charge in [-0.1, -0.05) is 24.3 Å². The van der Waals surface area contributed by atoms with Gasteiger partial charge < -0.3 is 9.67 Å². The molecular formula is C18H23FN4O. The molecule has 1 N–H and O–H groups in total. The molecule has 0 radical (unpaired) electrons. The molecule has 1 atom stereocenters. The Morgan fingerprint density at radius 1 is 1.29 bits per heavy atom. The number of likely N-dealkylation sites (tertiary alicyclic amines) is 1. The number of hydrogen-bond acceptors (Lipinski definition) is 4. The summed E-state index contributed by atoms with van der Waals surface area (Å²) >= 11 is 0. The standard InChI is InChI=1S/C18H23FN4O/c1-22-17(13-24)20-21-18(22)15-5-3-11-23(12-15)10-2-4-14-6-8-16(19)9-7-14/h2,4,6-9,15,24H,3,5,10-13H2,1H3/b4-2+/t15-/m1/s1. The van der Waals surface area contributed by atoms with Crippen molar-refractivity contribution in [1.29, 1.82) is 0 Å². The molecule has 1 aliphatic heterocycles. The summed E-state index contributed by atoms with van der Waals surface area (Å²) in [7, 11) is 1.91. The average molecular weight is 330 g/mol. The van der Waals surface area contributed by atoms with Crippen molar-refractivity contribution in [3.8, 4) is 0 Å². The van der Waals surface area contributed by atoms with Crippen LogP contribution in [0.3, 0.4) is 0 Å². The summed E-state index contributed by atoms with van der Waals surface area (Å²) in [5.74, 6) is 1.69. The average Bonchev–Trinajstić information content (AvgIpc) is 2.98. The van der Waals surface area contributed by atoms with E-state index in [-0.39, 0.29) is 12.4 Å². The number of piperidine rings is 1. The number of halogens is 1. The summed E-state index contributed by atoms with van der Waals surface area (Å²) in [4.78, 5) is 2.39. The first kappa shape index (κ1) is 16.8. The van der Waals surface area contributed by atoms with E-state index in [0.717, 1.165) is 43.9 Å². The maximum atomic E-state index is 12.9. The first-order valence-electron chi connectivity index (χ1n) is 8.31. The van der Waals surface area contributed by atoms with Gasteiger partial charge in [-0.2, -0.15) is 0 Å². The zero-order valence-corrected chi connectivity index (χ0v) is 13.9. The van der Waals surface area contributed by atoms with E-state index in [1.54, 1.807) is 12.1 Å². The summed E-state index contributed by atoms with van der Waals surface area (Å²) in [6, 6.07) is 6.51. The number of aliphatic hydroxyl groups is 1. The summed E-state index contributed by atoms with van der Waals surface area (Å²) in [5, 5.41) is 17.6. The van der Waals surface area contributed by atoms with Crippen LogP contribution in [0.4, 0.5) is 4.39 Å². The van der Waals surface area contributed by atoms with Crippen molar-refractivity contribution in [1.82, 2.24) is 19.7 Å². The Balaban J connectivity index is 1.59. The highest BCUT2D eigenvalue weighted by molar-refractivity contribution is 5.48. The Morgan fingerprint density at radius 3 is 2.79 bits per heavy atom. The van der Waals surface area contributed by atoms with Gasteiger partial charge in [-0.05, 0) is 37.1 Å². The van der Waals surface area contributed by atoms with Gasteiger partial charge in [0.25, 0.3) is 0 Å². The van der Waals surface area contributed by atoms with Gasteiger partial charge in [-0.15, -0.1) is 10.2 Å². The molecular weight excluding hydrogens is 307 g/mol. The zero-order valence-electron chi connectivity index (χ0n) is 13.9. The number of aliphatic hydroxyl groups excluding tert-OH is 1. The molecule has 0 saturated carbocycles. The second-order valence-electron chi connectivity index (χ2n) is 6.24. The SMILES string of the molecule is Cn1c(CO)nnc1[C@@H]1CCCN(C/C=C/c2ccc(F)cc2)C1. The van der Waals surface area contributed by atoms with E-state index in [2.05, 4.69) is 21.2 Å². The Morgan fingerprint density at radius 2 is 2.08 bits per heavy atom. The van der Waals surface area contributed by atoms with Crippen LogP contribution in [0.1, 0.15) is 36.0 Å². The van der Waals surface area contributed by atoms with Gasteiger partial charge in [0.1, 0.15) is 18.2 Å². The van der Waals surface area contributed by atoms with Crippen LogP contribution >= 0.6 is 0 Å². The molecule has 1 saturated heterocycles. The van der Waals surface area contributed by atoms with Crippen LogP contribution in [0.25, 0.3) is 6.08 Å². The monoisotopic (exact) mass is 330 g/mol. The van der Waals surface area contributed by atoms with Crippen LogP contribution < -0.4 is 0 Å². The van der Waals surface area contributed by atoms with Gasteiger partial charge in [-0.3, -0.25) is 4.90 Å². The van der Waals surface area contributed by atoms with Crippen molar-refractivity contribution in [3.63, 3.8) is 0 Å². The van der Waals surface area contributed by atoms with Gasteiger partial charge in [0.2, 0.25) is 0 Å². The van der Waals surface area contributed by atoms with Crippen LogP contribution in [0.5, 0.6) is 0 Å². The van der Waals surface area contributed by atoms with E-state index in [1.807, 2.05) is 17.7 Å². The lowest BCUT2D eigenvalue weighted by atomic mass is 9.97. The lowest BCUT2D eigenvalue weighted by Crippen LogP contribution is -2.35. The van der Waals surface area contributed by atoms with Crippen LogP contribution in [0, 0.1) is 5.82 Å². The van der Waals surface area contributed by atoms with Gasteiger partial charge in [0.05, 0.1) is 0 Å². The number of hydrogen-bond donors (Lipinski definition) is 1. The third-order valence-corrected chi connectivity index (χ3v) is 4.55. The maximum Gasteiger partial charge on any atom is 0.158 e. The molecule has 6 heteroatoms. The summed E-state index contributed by atoms with van der Waals surface area (Å²) in [6.07, 6.45) is 6.35. The summed E-state index contributed by atoms with van der Waals surface area (Å²) in [5.41, 5.74) is 1.01. The first-order valence-corrected chi connectivity index (χ1v) is 8.31. The molecule has 24 heavy (non-hydrogen) atoms. The van der Waals surface area contributed by atoms with Crippen molar-refractivity contribution < 1.29 is 9.50 Å². The second-order valence-corrected chi connectivity index (χ2v) is 6.24. The number of benzene rings is 1. The largest absolute Gasteiger partial charge is 0.388 e. The lowest BCUT2D eigenvalue weighted by molar-refractivity contribution is 0.221. The Labute approximate surface area is 141 Å². The molecule has 0 bridgehead atoms. The van der Waals surface area contributed by atoms with E-state index in [0.29, 0.717) is 11.7 Å². The van der Waals surface area contributed by atoms with Crippen LogP contribution in [-0.2, 0) is 13.7 Å². The minimum atomic E-state index is -0.211. The summed E-state index contributed by atoms with van der Waals surface area (Å²) in [6.45, 7) is 2.78. The van der Waals surface area contributed by atoms with Crippen LogP contribution in [0.2, 0.25) is 0 Å². The molecule has 3 rings (SSSR count). The number of rotatable bonds is 5. The fourth-order valence-electron chi connectivity index (χ4n) is 3.21. The fraction of sp³-hybridized carbons (Fsp3) is 0.444. The molecule has 0 spiro atoms. The lowest BCUT2D eigenvalue weighted by Gasteiger charge is -2.31. The second kappa shape index (κ2) is 7.68. The highest BCUT2D eigenvalue weighted by atomic mass is 19.1. The molecule has 0 amide bonds. The fourth-order valence-corrected chi connectivity index (χ4v) is 3.21. The van der Waals surface area contributed by atoms with Gasteiger partial charge in [-0.25, -0.2) is 4.39 Å². The van der Waals surface area contributed by atoms with E-state index < -0.39 is 0 Å². The van der Waals surface area contributed by atoms with Gasteiger partial charge >= 0.3 is 0 Å². The number of nitrogens with zero attached hydrogens (tertiary/aromatic N) is 4. The van der Waals surface area contributed by atoms with E-state index in [9.17, 15) is 9.50 Å². The quantitative estimate of drug-likeness (QED) is 0.914. The van der Waals surface area contributed by atoms with Crippen molar-refractivity contribution in [2.45, 2.75) is 25.4 Å². The molecule has 1 aromatic heterocycles. The predicted octanol–water partition coefficient (Wildman–Crippen LogP) is 2.34. The molecule has 0 unspecified atom stereocenters. The Hall–Kier alpha value is -2.05. The molecule has 128 valence electrons. The Kier molecular flexibility index (Phi) is 5.37. The number of aromatic nitrogens is 3.